The zero-order valence-corrected chi connectivity index (χ0v) is 8.52. The van der Waals surface area contributed by atoms with E-state index >= 15 is 0 Å². The molecule has 2 rings (SSSR count). The van der Waals surface area contributed by atoms with Crippen molar-refractivity contribution < 1.29 is 9.90 Å². The van der Waals surface area contributed by atoms with Gasteiger partial charge in [0.1, 0.15) is 0 Å². The largest absolute Gasteiger partial charge is 0.396 e. The van der Waals surface area contributed by atoms with Gasteiger partial charge in [-0.2, -0.15) is 0 Å². The van der Waals surface area contributed by atoms with Gasteiger partial charge in [0.2, 0.25) is 5.91 Å². The van der Waals surface area contributed by atoms with Gasteiger partial charge in [-0.15, -0.1) is 0 Å². The molecule has 1 aromatic rings. The van der Waals surface area contributed by atoms with Crippen molar-refractivity contribution in [2.24, 2.45) is 5.92 Å². The maximum absolute atomic E-state index is 11.7. The monoisotopic (exact) mass is 205 g/mol. The molecule has 0 radical (unpaired) electrons. The molecule has 1 amide bonds. The molecule has 2 atom stereocenters. The summed E-state index contributed by atoms with van der Waals surface area (Å²) >= 11 is 0. The Labute approximate surface area is 89.1 Å². The minimum Gasteiger partial charge on any atom is -0.396 e. The Morgan fingerprint density at radius 2 is 2.07 bits per heavy atom. The van der Waals surface area contributed by atoms with Crippen LogP contribution in [0, 0.1) is 5.92 Å². The fourth-order valence-corrected chi connectivity index (χ4v) is 2.00. The van der Waals surface area contributed by atoms with Crippen LogP contribution in [0.15, 0.2) is 30.3 Å². The van der Waals surface area contributed by atoms with Gasteiger partial charge in [0, 0.05) is 19.1 Å². The number of amides is 1. The van der Waals surface area contributed by atoms with E-state index in [0.29, 0.717) is 6.54 Å². The van der Waals surface area contributed by atoms with Crippen molar-refractivity contribution >= 4 is 5.91 Å². The van der Waals surface area contributed by atoms with Gasteiger partial charge in [-0.1, -0.05) is 30.3 Å². The van der Waals surface area contributed by atoms with E-state index < -0.39 is 0 Å². The maximum atomic E-state index is 11.7. The second-order valence-corrected chi connectivity index (χ2v) is 3.99. The molecule has 0 aliphatic carbocycles. The van der Waals surface area contributed by atoms with Gasteiger partial charge < -0.3 is 10.4 Å². The van der Waals surface area contributed by atoms with Crippen molar-refractivity contribution in [1.29, 1.82) is 0 Å². The number of carbonyl (C=O) groups excluding carboxylic acids is 1. The van der Waals surface area contributed by atoms with Crippen LogP contribution < -0.4 is 5.32 Å². The van der Waals surface area contributed by atoms with E-state index in [1.54, 1.807) is 0 Å². The third-order valence-corrected chi connectivity index (χ3v) is 2.91. The maximum Gasteiger partial charge on any atom is 0.227 e. The molecule has 15 heavy (non-hydrogen) atoms. The highest BCUT2D eigenvalue weighted by atomic mass is 16.3. The molecule has 1 aromatic carbocycles. The molecule has 3 heteroatoms. The molecule has 0 bridgehead atoms. The molecule has 80 valence electrons. The van der Waals surface area contributed by atoms with E-state index in [-0.39, 0.29) is 24.3 Å². The summed E-state index contributed by atoms with van der Waals surface area (Å²) in [6, 6.07) is 9.73. The number of carbonyl (C=O) groups is 1. The van der Waals surface area contributed by atoms with Crippen LogP contribution >= 0.6 is 0 Å². The van der Waals surface area contributed by atoms with Crippen LogP contribution in [0.1, 0.15) is 17.9 Å². The Morgan fingerprint density at radius 1 is 1.33 bits per heavy atom. The lowest BCUT2D eigenvalue weighted by Crippen LogP contribution is -2.41. The lowest BCUT2D eigenvalue weighted by molar-refractivity contribution is -0.125. The Morgan fingerprint density at radius 3 is 2.73 bits per heavy atom. The fourth-order valence-electron chi connectivity index (χ4n) is 2.00. The first-order valence-corrected chi connectivity index (χ1v) is 5.24. The first kappa shape index (κ1) is 10.2. The number of nitrogens with one attached hydrogen (secondary N) is 1. The molecular formula is C12H15NO2. The smallest absolute Gasteiger partial charge is 0.227 e. The van der Waals surface area contributed by atoms with Crippen molar-refractivity contribution in [3.05, 3.63) is 35.9 Å². The lowest BCUT2D eigenvalue weighted by atomic mass is 9.85. The summed E-state index contributed by atoms with van der Waals surface area (Å²) in [5.41, 5.74) is 1.04. The number of piperidine rings is 1. The van der Waals surface area contributed by atoms with Crippen molar-refractivity contribution in [2.45, 2.75) is 12.3 Å². The molecule has 0 saturated carbocycles. The summed E-state index contributed by atoms with van der Waals surface area (Å²) in [7, 11) is 0. The molecule has 3 nitrogen and oxygen atoms in total. The van der Waals surface area contributed by atoms with Crippen molar-refractivity contribution in [3.8, 4) is 0 Å². The van der Waals surface area contributed by atoms with Crippen molar-refractivity contribution in [1.82, 2.24) is 5.32 Å². The summed E-state index contributed by atoms with van der Waals surface area (Å²) < 4.78 is 0. The molecule has 1 fully saturated rings. The lowest BCUT2D eigenvalue weighted by Gasteiger charge is -2.28. The molecule has 1 aliphatic heterocycles. The first-order chi connectivity index (χ1) is 7.31. The van der Waals surface area contributed by atoms with E-state index in [0.717, 1.165) is 12.0 Å². The Balaban J connectivity index is 2.16. The van der Waals surface area contributed by atoms with Crippen LogP contribution in [0.5, 0.6) is 0 Å². The molecule has 0 spiro atoms. The summed E-state index contributed by atoms with van der Waals surface area (Å²) in [5.74, 6) is 0.163. The van der Waals surface area contributed by atoms with Crippen LogP contribution in [0.2, 0.25) is 0 Å². The molecule has 1 aliphatic rings. The van der Waals surface area contributed by atoms with Gasteiger partial charge in [0.05, 0.1) is 5.92 Å². The Hall–Kier alpha value is -1.35. The Bertz CT molecular complexity index is 337. The summed E-state index contributed by atoms with van der Waals surface area (Å²) in [6.45, 7) is 0.738. The topological polar surface area (TPSA) is 49.3 Å². The minimum atomic E-state index is -0.0999. The van der Waals surface area contributed by atoms with E-state index in [9.17, 15) is 4.79 Å². The second-order valence-electron chi connectivity index (χ2n) is 3.99. The van der Waals surface area contributed by atoms with Crippen LogP contribution in [0.3, 0.4) is 0 Å². The third-order valence-electron chi connectivity index (χ3n) is 2.91. The number of aliphatic hydroxyl groups excluding tert-OH is 1. The van der Waals surface area contributed by atoms with Crippen LogP contribution in [-0.4, -0.2) is 24.2 Å². The van der Waals surface area contributed by atoms with Crippen LogP contribution in [0.25, 0.3) is 0 Å². The molecule has 2 unspecified atom stereocenters. The van der Waals surface area contributed by atoms with E-state index in [1.165, 1.54) is 0 Å². The van der Waals surface area contributed by atoms with Gasteiger partial charge in [0.25, 0.3) is 0 Å². The fraction of sp³-hybridized carbons (Fsp3) is 0.417. The minimum absolute atomic E-state index is 0.0749. The number of benzene rings is 1. The zero-order valence-electron chi connectivity index (χ0n) is 8.52. The highest BCUT2D eigenvalue weighted by Gasteiger charge is 2.28. The van der Waals surface area contributed by atoms with Gasteiger partial charge in [-0.05, 0) is 12.0 Å². The van der Waals surface area contributed by atoms with Gasteiger partial charge >= 0.3 is 0 Å². The summed E-state index contributed by atoms with van der Waals surface area (Å²) in [5, 5.41) is 11.9. The van der Waals surface area contributed by atoms with Gasteiger partial charge in [-0.25, -0.2) is 0 Å². The number of hydrogen-bond acceptors (Lipinski definition) is 2. The third kappa shape index (κ3) is 2.18. The average Bonchev–Trinajstić information content (AvgIpc) is 2.31. The van der Waals surface area contributed by atoms with Crippen molar-refractivity contribution in [3.63, 3.8) is 0 Å². The second kappa shape index (κ2) is 4.45. The molecule has 2 N–H and O–H groups in total. The van der Waals surface area contributed by atoms with Crippen LogP contribution in [-0.2, 0) is 4.79 Å². The summed E-state index contributed by atoms with van der Waals surface area (Å²) in [4.78, 5) is 11.7. The predicted octanol–water partition coefficient (Wildman–Crippen LogP) is 0.899. The number of hydrogen-bond donors (Lipinski definition) is 2. The highest BCUT2D eigenvalue weighted by Crippen LogP contribution is 2.26. The van der Waals surface area contributed by atoms with E-state index in [1.807, 2.05) is 30.3 Å². The van der Waals surface area contributed by atoms with Crippen molar-refractivity contribution in [2.75, 3.05) is 13.2 Å². The quantitative estimate of drug-likeness (QED) is 0.753. The summed E-state index contributed by atoms with van der Waals surface area (Å²) in [6.07, 6.45) is 0.742. The molecular weight excluding hydrogens is 190 g/mol. The SMILES string of the molecule is O=C1NCC(CO)CC1c1ccccc1. The van der Waals surface area contributed by atoms with Gasteiger partial charge in [-0.3, -0.25) is 4.79 Å². The normalized spacial score (nSPS) is 26.1. The number of rotatable bonds is 2. The standard InChI is InChI=1S/C12H15NO2/c14-8-9-6-11(12(15)13-7-9)10-4-2-1-3-5-10/h1-5,9,11,14H,6-8H2,(H,13,15). The Kier molecular flexibility index (Phi) is 3.02. The molecule has 1 heterocycles. The molecule has 1 saturated heterocycles. The number of aliphatic hydroxyl groups is 1. The van der Waals surface area contributed by atoms with Gasteiger partial charge in [0.15, 0.2) is 0 Å². The highest BCUT2D eigenvalue weighted by molar-refractivity contribution is 5.84. The van der Waals surface area contributed by atoms with E-state index in [4.69, 9.17) is 5.11 Å². The first-order valence-electron chi connectivity index (χ1n) is 5.24. The molecule has 0 aromatic heterocycles. The predicted molar refractivity (Wildman–Crippen MR) is 57.4 cm³/mol. The van der Waals surface area contributed by atoms with Crippen LogP contribution in [0.4, 0.5) is 0 Å². The zero-order chi connectivity index (χ0) is 10.7. The average molecular weight is 205 g/mol. The van der Waals surface area contributed by atoms with E-state index in [2.05, 4.69) is 5.32 Å².